The van der Waals surface area contributed by atoms with Gasteiger partial charge in [0.1, 0.15) is 5.76 Å². The smallest absolute Gasteiger partial charge is 0.416 e. The van der Waals surface area contributed by atoms with Gasteiger partial charge in [0.15, 0.2) is 0 Å². The Morgan fingerprint density at radius 2 is 1.81 bits per heavy atom. The molecule has 0 saturated heterocycles. The van der Waals surface area contributed by atoms with Gasteiger partial charge in [0.25, 0.3) is 5.91 Å². The van der Waals surface area contributed by atoms with Crippen molar-refractivity contribution in [3.63, 3.8) is 0 Å². The van der Waals surface area contributed by atoms with E-state index in [4.69, 9.17) is 8.94 Å². The van der Waals surface area contributed by atoms with Gasteiger partial charge in [0, 0.05) is 24.1 Å². The van der Waals surface area contributed by atoms with Gasteiger partial charge in [0.2, 0.25) is 11.7 Å². The quantitative estimate of drug-likeness (QED) is 0.393. The van der Waals surface area contributed by atoms with Crippen LogP contribution in [0.1, 0.15) is 27.6 Å². The van der Waals surface area contributed by atoms with E-state index in [-0.39, 0.29) is 42.7 Å². The number of hydrogen-bond acceptors (Lipinski definition) is 5. The molecule has 0 aliphatic heterocycles. The fraction of sp³-hybridized carbons (Fsp3) is 0.174. The van der Waals surface area contributed by atoms with Crippen LogP contribution < -0.4 is 0 Å². The van der Waals surface area contributed by atoms with Crippen molar-refractivity contribution in [2.45, 2.75) is 19.1 Å². The molecule has 164 valence electrons. The lowest BCUT2D eigenvalue weighted by molar-refractivity contribution is -0.137. The lowest BCUT2D eigenvalue weighted by Gasteiger charge is -2.21. The standard InChI is InChI=1S/C23H18F3N3O3/c24-23(25,26)18-9-4-8-17(14-18)21-27-20(32-28-21)11-12-29(15-19-10-5-13-31-19)22(30)16-6-2-1-3-7-16/h1-10,13-14H,11-12,15H2. The van der Waals surface area contributed by atoms with E-state index in [9.17, 15) is 18.0 Å². The molecular weight excluding hydrogens is 423 g/mol. The number of halogens is 3. The van der Waals surface area contributed by atoms with E-state index in [0.29, 0.717) is 11.3 Å². The number of amides is 1. The van der Waals surface area contributed by atoms with Crippen LogP contribution in [0.4, 0.5) is 13.2 Å². The maximum atomic E-state index is 13.0. The molecule has 2 aromatic heterocycles. The Morgan fingerprint density at radius 1 is 1.00 bits per heavy atom. The van der Waals surface area contributed by atoms with Crippen molar-refractivity contribution in [1.29, 1.82) is 0 Å². The Bertz CT molecular complexity index is 1170. The summed E-state index contributed by atoms with van der Waals surface area (Å²) in [4.78, 5) is 18.7. The molecule has 6 nitrogen and oxygen atoms in total. The van der Waals surface area contributed by atoms with Crippen LogP contribution in [-0.4, -0.2) is 27.5 Å². The third kappa shape index (κ3) is 5.05. The highest BCUT2D eigenvalue weighted by molar-refractivity contribution is 5.94. The third-order valence-electron chi connectivity index (χ3n) is 4.75. The van der Waals surface area contributed by atoms with Crippen LogP contribution in [0.3, 0.4) is 0 Å². The molecule has 0 N–H and O–H groups in total. The molecule has 1 amide bonds. The van der Waals surface area contributed by atoms with E-state index in [1.165, 1.54) is 18.4 Å². The van der Waals surface area contributed by atoms with Gasteiger partial charge < -0.3 is 13.8 Å². The predicted octanol–water partition coefficient (Wildman–Crippen LogP) is 5.23. The Labute approximate surface area is 181 Å². The number of aromatic nitrogens is 2. The van der Waals surface area contributed by atoms with Crippen LogP contribution in [0, 0.1) is 0 Å². The molecule has 2 heterocycles. The number of alkyl halides is 3. The zero-order valence-corrected chi connectivity index (χ0v) is 16.7. The number of benzene rings is 2. The van der Waals surface area contributed by atoms with Crippen LogP contribution in [0.15, 0.2) is 81.9 Å². The number of nitrogens with zero attached hydrogens (tertiary/aromatic N) is 3. The third-order valence-corrected chi connectivity index (χ3v) is 4.75. The second kappa shape index (κ2) is 9.09. The van der Waals surface area contributed by atoms with E-state index >= 15 is 0 Å². The maximum absolute atomic E-state index is 13.0. The summed E-state index contributed by atoms with van der Waals surface area (Å²) in [5, 5.41) is 3.79. The minimum Gasteiger partial charge on any atom is -0.467 e. The van der Waals surface area contributed by atoms with E-state index in [2.05, 4.69) is 10.1 Å². The van der Waals surface area contributed by atoms with E-state index in [0.717, 1.165) is 12.1 Å². The van der Waals surface area contributed by atoms with Crippen LogP contribution in [0.5, 0.6) is 0 Å². The molecule has 0 fully saturated rings. The summed E-state index contributed by atoms with van der Waals surface area (Å²) in [6, 6.07) is 17.0. The van der Waals surface area contributed by atoms with Gasteiger partial charge >= 0.3 is 6.18 Å². The highest BCUT2D eigenvalue weighted by atomic mass is 19.4. The summed E-state index contributed by atoms with van der Waals surface area (Å²) in [6.07, 6.45) is -2.71. The van der Waals surface area contributed by atoms with Crippen LogP contribution in [0.2, 0.25) is 0 Å². The van der Waals surface area contributed by atoms with Crippen molar-refractivity contribution in [1.82, 2.24) is 15.0 Å². The molecule has 0 radical (unpaired) electrons. The fourth-order valence-corrected chi connectivity index (χ4v) is 3.15. The summed E-state index contributed by atoms with van der Waals surface area (Å²) in [6.45, 7) is 0.494. The average molecular weight is 441 g/mol. The molecular formula is C23H18F3N3O3. The Morgan fingerprint density at radius 3 is 2.53 bits per heavy atom. The molecule has 2 aromatic carbocycles. The second-order valence-corrected chi connectivity index (χ2v) is 7.01. The highest BCUT2D eigenvalue weighted by Gasteiger charge is 2.30. The number of hydrogen-bond donors (Lipinski definition) is 0. The number of carbonyl (C=O) groups is 1. The van der Waals surface area contributed by atoms with Gasteiger partial charge in [-0.05, 0) is 36.4 Å². The van der Waals surface area contributed by atoms with Gasteiger partial charge in [-0.2, -0.15) is 18.2 Å². The fourth-order valence-electron chi connectivity index (χ4n) is 3.15. The first kappa shape index (κ1) is 21.4. The molecule has 4 aromatic rings. The SMILES string of the molecule is O=C(c1ccccc1)N(CCc1nc(-c2cccc(C(F)(F)F)c2)no1)Cc1ccco1. The van der Waals surface area contributed by atoms with Crippen molar-refractivity contribution in [3.05, 3.63) is 95.8 Å². The zero-order chi connectivity index (χ0) is 22.6. The van der Waals surface area contributed by atoms with E-state index in [1.807, 2.05) is 6.07 Å². The van der Waals surface area contributed by atoms with Crippen molar-refractivity contribution < 1.29 is 26.9 Å². The molecule has 32 heavy (non-hydrogen) atoms. The molecule has 9 heteroatoms. The van der Waals surface area contributed by atoms with Crippen LogP contribution >= 0.6 is 0 Å². The minimum atomic E-state index is -4.47. The summed E-state index contributed by atoms with van der Waals surface area (Å²) in [5.41, 5.74) is -0.0729. The lowest BCUT2D eigenvalue weighted by Crippen LogP contribution is -2.32. The summed E-state index contributed by atoms with van der Waals surface area (Å²) in [5.74, 6) is 0.685. The van der Waals surface area contributed by atoms with Crippen molar-refractivity contribution in [3.8, 4) is 11.4 Å². The molecule has 0 atom stereocenters. The van der Waals surface area contributed by atoms with Gasteiger partial charge in [0.05, 0.1) is 18.4 Å². The van der Waals surface area contributed by atoms with Gasteiger partial charge in [-0.15, -0.1) is 0 Å². The highest BCUT2D eigenvalue weighted by Crippen LogP contribution is 2.31. The molecule has 0 spiro atoms. The van der Waals surface area contributed by atoms with Gasteiger partial charge in [-0.3, -0.25) is 4.79 Å². The lowest BCUT2D eigenvalue weighted by atomic mass is 10.1. The largest absolute Gasteiger partial charge is 0.467 e. The number of rotatable bonds is 7. The van der Waals surface area contributed by atoms with Gasteiger partial charge in [-0.25, -0.2) is 0 Å². The van der Waals surface area contributed by atoms with Gasteiger partial charge in [-0.1, -0.05) is 35.5 Å². The summed E-state index contributed by atoms with van der Waals surface area (Å²) >= 11 is 0. The maximum Gasteiger partial charge on any atom is 0.416 e. The first-order valence-electron chi connectivity index (χ1n) is 9.77. The van der Waals surface area contributed by atoms with Crippen molar-refractivity contribution in [2.24, 2.45) is 0 Å². The van der Waals surface area contributed by atoms with Crippen molar-refractivity contribution in [2.75, 3.05) is 6.54 Å². The molecule has 0 saturated carbocycles. The molecule has 0 aliphatic carbocycles. The Balaban J connectivity index is 1.49. The number of furan rings is 1. The summed E-state index contributed by atoms with van der Waals surface area (Å²) in [7, 11) is 0. The minimum absolute atomic E-state index is 0.0538. The second-order valence-electron chi connectivity index (χ2n) is 7.01. The van der Waals surface area contributed by atoms with Crippen molar-refractivity contribution >= 4 is 5.91 Å². The van der Waals surface area contributed by atoms with E-state index in [1.54, 1.807) is 41.3 Å². The molecule has 0 bridgehead atoms. The number of carbonyl (C=O) groups excluding carboxylic acids is 1. The van der Waals surface area contributed by atoms with E-state index < -0.39 is 11.7 Å². The average Bonchev–Trinajstić information content (AvgIpc) is 3.48. The monoisotopic (exact) mass is 441 g/mol. The Kier molecular flexibility index (Phi) is 6.07. The molecule has 4 rings (SSSR count). The molecule has 0 aliphatic rings. The zero-order valence-electron chi connectivity index (χ0n) is 16.7. The summed E-state index contributed by atoms with van der Waals surface area (Å²) < 4.78 is 49.5. The predicted molar refractivity (Wildman–Crippen MR) is 108 cm³/mol. The topological polar surface area (TPSA) is 72.4 Å². The normalized spacial score (nSPS) is 11.5. The molecule has 0 unspecified atom stereocenters. The van der Waals surface area contributed by atoms with Crippen LogP contribution in [0.25, 0.3) is 11.4 Å². The Hall–Kier alpha value is -3.88. The first-order valence-corrected chi connectivity index (χ1v) is 9.77. The van der Waals surface area contributed by atoms with Crippen LogP contribution in [-0.2, 0) is 19.1 Å². The first-order chi connectivity index (χ1) is 15.4.